The molecule has 0 aliphatic carbocycles. The minimum atomic E-state index is 0.503. The molecule has 1 aliphatic rings. The molecule has 1 aromatic rings. The van der Waals surface area contributed by atoms with Gasteiger partial charge in [0.2, 0.25) is 0 Å². The highest BCUT2D eigenvalue weighted by atomic mass is 16.5. The van der Waals surface area contributed by atoms with Gasteiger partial charge in [0, 0.05) is 24.4 Å². The molecule has 1 fully saturated rings. The van der Waals surface area contributed by atoms with Crippen LogP contribution in [0.4, 0.5) is 0 Å². The van der Waals surface area contributed by atoms with Crippen molar-refractivity contribution < 1.29 is 4.74 Å². The summed E-state index contributed by atoms with van der Waals surface area (Å²) in [6, 6.07) is 0. The molecule has 1 aliphatic heterocycles. The third-order valence-corrected chi connectivity index (χ3v) is 2.04. The highest BCUT2D eigenvalue weighted by molar-refractivity contribution is 5.04. The van der Waals surface area contributed by atoms with E-state index in [9.17, 15) is 0 Å². The highest BCUT2D eigenvalue weighted by Crippen LogP contribution is 2.21. The Bertz CT molecular complexity index is 238. The Labute approximate surface area is 65.8 Å². The van der Waals surface area contributed by atoms with Crippen molar-refractivity contribution in [3.8, 4) is 0 Å². The van der Waals surface area contributed by atoms with Crippen molar-refractivity contribution in [1.82, 2.24) is 9.97 Å². The topological polar surface area (TPSA) is 37.9 Å². The molecule has 2 heterocycles. The van der Waals surface area contributed by atoms with Crippen molar-refractivity contribution in [3.05, 3.63) is 17.7 Å². The summed E-state index contributed by atoms with van der Waals surface area (Å²) in [6.07, 6.45) is 2.97. The molecule has 0 amide bonds. The van der Waals surface area contributed by atoms with Crippen LogP contribution >= 0.6 is 0 Å². The lowest BCUT2D eigenvalue weighted by molar-refractivity contribution is 0.193. The molecule has 1 saturated heterocycles. The maximum absolute atomic E-state index is 5.26. The molecule has 1 N–H and O–H groups in total. The van der Waals surface area contributed by atoms with E-state index in [4.69, 9.17) is 4.74 Å². The Morgan fingerprint density at radius 2 is 2.64 bits per heavy atom. The molecule has 2 rings (SSSR count). The van der Waals surface area contributed by atoms with E-state index in [1.165, 1.54) is 0 Å². The average Bonchev–Trinajstić information content (AvgIpc) is 2.55. The Balaban J connectivity index is 2.15. The molecular formula is C8H12N2O. The minimum Gasteiger partial charge on any atom is -0.381 e. The van der Waals surface area contributed by atoms with E-state index in [1.54, 1.807) is 0 Å². The van der Waals surface area contributed by atoms with Gasteiger partial charge in [-0.1, -0.05) is 0 Å². The predicted molar refractivity (Wildman–Crippen MR) is 41.5 cm³/mol. The molecule has 11 heavy (non-hydrogen) atoms. The smallest absolute Gasteiger partial charge is 0.111 e. The lowest BCUT2D eigenvalue weighted by Crippen LogP contribution is -1.99. The first-order chi connectivity index (χ1) is 5.36. The van der Waals surface area contributed by atoms with Crippen LogP contribution in [-0.2, 0) is 4.74 Å². The van der Waals surface area contributed by atoms with Crippen LogP contribution in [0.25, 0.3) is 0 Å². The summed E-state index contributed by atoms with van der Waals surface area (Å²) >= 11 is 0. The second-order valence-corrected chi connectivity index (χ2v) is 3.01. The summed E-state index contributed by atoms with van der Waals surface area (Å²) in [5.74, 6) is 1.59. The number of nitrogens with zero attached hydrogens (tertiary/aromatic N) is 1. The van der Waals surface area contributed by atoms with Crippen LogP contribution in [0.1, 0.15) is 23.9 Å². The predicted octanol–water partition coefficient (Wildman–Crippen LogP) is 1.22. The van der Waals surface area contributed by atoms with Crippen LogP contribution in [0.15, 0.2) is 6.20 Å². The number of imidazole rings is 1. The molecule has 3 nitrogen and oxygen atoms in total. The lowest BCUT2D eigenvalue weighted by atomic mass is 10.1. The maximum Gasteiger partial charge on any atom is 0.111 e. The minimum absolute atomic E-state index is 0.503. The van der Waals surface area contributed by atoms with E-state index in [1.807, 2.05) is 13.1 Å². The number of aromatic nitrogens is 2. The van der Waals surface area contributed by atoms with Gasteiger partial charge >= 0.3 is 0 Å². The van der Waals surface area contributed by atoms with Crippen LogP contribution in [0.5, 0.6) is 0 Å². The molecule has 3 heteroatoms. The fourth-order valence-electron chi connectivity index (χ4n) is 1.39. The zero-order valence-electron chi connectivity index (χ0n) is 6.63. The van der Waals surface area contributed by atoms with Crippen LogP contribution < -0.4 is 0 Å². The van der Waals surface area contributed by atoms with Crippen molar-refractivity contribution in [2.75, 3.05) is 13.2 Å². The van der Waals surface area contributed by atoms with Gasteiger partial charge in [-0.25, -0.2) is 4.98 Å². The van der Waals surface area contributed by atoms with E-state index in [2.05, 4.69) is 9.97 Å². The molecule has 0 saturated carbocycles. The van der Waals surface area contributed by atoms with E-state index >= 15 is 0 Å². The monoisotopic (exact) mass is 152 g/mol. The van der Waals surface area contributed by atoms with Crippen molar-refractivity contribution in [2.24, 2.45) is 0 Å². The molecular weight excluding hydrogens is 140 g/mol. The number of nitrogens with one attached hydrogen (secondary N) is 1. The number of ether oxygens (including phenoxy) is 1. The SMILES string of the molecule is Cc1cnc(C2CCOC2)[nH]1. The van der Waals surface area contributed by atoms with Gasteiger partial charge in [0.15, 0.2) is 0 Å². The summed E-state index contributed by atoms with van der Waals surface area (Å²) in [6.45, 7) is 3.73. The van der Waals surface area contributed by atoms with E-state index in [0.29, 0.717) is 5.92 Å². The van der Waals surface area contributed by atoms with Crippen molar-refractivity contribution >= 4 is 0 Å². The molecule has 1 aromatic heterocycles. The van der Waals surface area contributed by atoms with Gasteiger partial charge in [-0.05, 0) is 13.3 Å². The van der Waals surface area contributed by atoms with Crippen molar-refractivity contribution in [2.45, 2.75) is 19.3 Å². The number of rotatable bonds is 1. The first-order valence-corrected chi connectivity index (χ1v) is 3.95. The largest absolute Gasteiger partial charge is 0.381 e. The van der Waals surface area contributed by atoms with Crippen molar-refractivity contribution in [3.63, 3.8) is 0 Å². The second-order valence-electron chi connectivity index (χ2n) is 3.01. The number of hydrogen-bond acceptors (Lipinski definition) is 2. The van der Waals surface area contributed by atoms with Gasteiger partial charge < -0.3 is 9.72 Å². The number of aryl methyl sites for hydroxylation is 1. The summed E-state index contributed by atoms with van der Waals surface area (Å²) in [7, 11) is 0. The third-order valence-electron chi connectivity index (χ3n) is 2.04. The van der Waals surface area contributed by atoms with Gasteiger partial charge in [-0.15, -0.1) is 0 Å². The van der Waals surface area contributed by atoms with Crippen LogP contribution in [0.2, 0.25) is 0 Å². The normalized spacial score (nSPS) is 24.3. The number of aromatic amines is 1. The van der Waals surface area contributed by atoms with Crippen LogP contribution in [-0.4, -0.2) is 23.2 Å². The summed E-state index contributed by atoms with van der Waals surface area (Å²) in [5.41, 5.74) is 1.13. The van der Waals surface area contributed by atoms with Crippen molar-refractivity contribution in [1.29, 1.82) is 0 Å². The fraction of sp³-hybridized carbons (Fsp3) is 0.625. The second kappa shape index (κ2) is 2.66. The molecule has 0 spiro atoms. The standard InChI is InChI=1S/C8H12N2O/c1-6-4-9-8(10-6)7-2-3-11-5-7/h4,7H,2-3,5H2,1H3,(H,9,10). The van der Waals surface area contributed by atoms with E-state index in [0.717, 1.165) is 31.2 Å². The summed E-state index contributed by atoms with van der Waals surface area (Å²) < 4.78 is 5.26. The molecule has 0 bridgehead atoms. The molecule has 1 atom stereocenters. The zero-order valence-corrected chi connectivity index (χ0v) is 6.63. The molecule has 0 aromatic carbocycles. The Morgan fingerprint density at radius 1 is 1.73 bits per heavy atom. The van der Waals surface area contributed by atoms with Crippen LogP contribution in [0, 0.1) is 6.92 Å². The quantitative estimate of drug-likeness (QED) is 0.657. The maximum atomic E-state index is 5.26. The zero-order chi connectivity index (χ0) is 7.68. The fourth-order valence-corrected chi connectivity index (χ4v) is 1.39. The summed E-state index contributed by atoms with van der Waals surface area (Å²) in [5, 5.41) is 0. The van der Waals surface area contributed by atoms with E-state index < -0.39 is 0 Å². The highest BCUT2D eigenvalue weighted by Gasteiger charge is 2.19. The molecule has 0 radical (unpaired) electrons. The number of hydrogen-bond donors (Lipinski definition) is 1. The number of H-pyrrole nitrogens is 1. The van der Waals surface area contributed by atoms with Gasteiger partial charge in [-0.3, -0.25) is 0 Å². The van der Waals surface area contributed by atoms with Crippen LogP contribution in [0.3, 0.4) is 0 Å². The Kier molecular flexibility index (Phi) is 1.66. The Morgan fingerprint density at radius 3 is 3.18 bits per heavy atom. The van der Waals surface area contributed by atoms with Gasteiger partial charge in [0.25, 0.3) is 0 Å². The first kappa shape index (κ1) is 6.85. The molecule has 60 valence electrons. The van der Waals surface area contributed by atoms with E-state index in [-0.39, 0.29) is 0 Å². The Hall–Kier alpha value is -0.830. The molecule has 1 unspecified atom stereocenters. The van der Waals surface area contributed by atoms with Gasteiger partial charge in [-0.2, -0.15) is 0 Å². The average molecular weight is 152 g/mol. The third kappa shape index (κ3) is 1.28. The first-order valence-electron chi connectivity index (χ1n) is 3.95. The van der Waals surface area contributed by atoms with Gasteiger partial charge in [0.1, 0.15) is 5.82 Å². The van der Waals surface area contributed by atoms with Gasteiger partial charge in [0.05, 0.1) is 6.61 Å². The lowest BCUT2D eigenvalue weighted by Gasteiger charge is -2.00. The summed E-state index contributed by atoms with van der Waals surface area (Å²) in [4.78, 5) is 7.49.